The van der Waals surface area contributed by atoms with Crippen LogP contribution in [0.15, 0.2) is 0 Å². The Kier molecular flexibility index (Phi) is 17.2. The van der Waals surface area contributed by atoms with Gasteiger partial charge in [0.25, 0.3) is 6.16 Å². The SMILES string of the molecule is COC(=O)[O-].OCCOCCOCCO. The minimum atomic E-state index is -1.50. The molecule has 0 radical (unpaired) electrons. The van der Waals surface area contributed by atoms with Gasteiger partial charge in [-0.15, -0.1) is 0 Å². The lowest BCUT2D eigenvalue weighted by Gasteiger charge is -2.01. The molecule has 2 N–H and O–H groups in total. The zero-order valence-corrected chi connectivity index (χ0v) is 8.68. The molecular weight excluding hydrogens is 208 g/mol. The van der Waals surface area contributed by atoms with Crippen molar-refractivity contribution in [1.82, 2.24) is 0 Å². The smallest absolute Gasteiger partial charge is 0.251 e. The van der Waals surface area contributed by atoms with E-state index in [0.29, 0.717) is 26.4 Å². The van der Waals surface area contributed by atoms with Crippen LogP contribution in [0.2, 0.25) is 0 Å². The Morgan fingerprint density at radius 1 is 1.07 bits per heavy atom. The summed E-state index contributed by atoms with van der Waals surface area (Å²) < 4.78 is 13.3. The fourth-order valence-corrected chi connectivity index (χ4v) is 0.451. The van der Waals surface area contributed by atoms with Gasteiger partial charge in [0.2, 0.25) is 0 Å². The van der Waals surface area contributed by atoms with Crippen LogP contribution in [0, 0.1) is 0 Å². The largest absolute Gasteiger partial charge is 0.553 e. The number of carboxylic acid groups (broad SMARTS) is 1. The van der Waals surface area contributed by atoms with Crippen molar-refractivity contribution in [3.63, 3.8) is 0 Å². The Labute approximate surface area is 88.2 Å². The molecule has 0 atom stereocenters. The number of aliphatic hydroxyl groups is 2. The lowest BCUT2D eigenvalue weighted by Crippen LogP contribution is -2.21. The van der Waals surface area contributed by atoms with E-state index >= 15 is 0 Å². The molecule has 0 fully saturated rings. The Hall–Kier alpha value is -0.890. The number of rotatable bonds is 7. The van der Waals surface area contributed by atoms with E-state index in [1.165, 1.54) is 0 Å². The third-order valence-electron chi connectivity index (χ3n) is 1.01. The minimum absolute atomic E-state index is 0.0417. The molecule has 0 unspecified atom stereocenters. The highest BCUT2D eigenvalue weighted by atomic mass is 16.6. The van der Waals surface area contributed by atoms with Crippen LogP contribution in [0.4, 0.5) is 4.79 Å². The van der Waals surface area contributed by atoms with Gasteiger partial charge in [0.15, 0.2) is 0 Å². The maximum absolute atomic E-state index is 9.03. The molecular formula is C8H17O7-. The van der Waals surface area contributed by atoms with Crippen molar-refractivity contribution < 1.29 is 34.3 Å². The molecule has 0 aliphatic rings. The number of carbonyl (C=O) groups is 1. The molecule has 0 aliphatic carbocycles. The van der Waals surface area contributed by atoms with Crippen molar-refractivity contribution in [3.05, 3.63) is 0 Å². The molecule has 0 heterocycles. The van der Waals surface area contributed by atoms with E-state index in [-0.39, 0.29) is 13.2 Å². The second-order valence-electron chi connectivity index (χ2n) is 2.13. The molecule has 15 heavy (non-hydrogen) atoms. The third kappa shape index (κ3) is 24.6. The zero-order valence-electron chi connectivity index (χ0n) is 8.68. The normalized spacial score (nSPS) is 9.00. The maximum atomic E-state index is 9.03. The molecule has 7 nitrogen and oxygen atoms in total. The van der Waals surface area contributed by atoms with Crippen molar-refractivity contribution in [2.45, 2.75) is 0 Å². The molecule has 0 aromatic heterocycles. The van der Waals surface area contributed by atoms with Crippen molar-refractivity contribution >= 4 is 6.16 Å². The van der Waals surface area contributed by atoms with E-state index in [4.69, 9.17) is 29.6 Å². The summed E-state index contributed by atoms with van der Waals surface area (Å²) in [6.07, 6.45) is -1.50. The molecule has 0 bridgehead atoms. The Morgan fingerprint density at radius 2 is 1.40 bits per heavy atom. The molecule has 0 amide bonds. The molecule has 92 valence electrons. The highest BCUT2D eigenvalue weighted by Gasteiger charge is 1.86. The second kappa shape index (κ2) is 15.6. The van der Waals surface area contributed by atoms with E-state index in [9.17, 15) is 0 Å². The number of methoxy groups -OCH3 is 1. The summed E-state index contributed by atoms with van der Waals surface area (Å²) in [4.78, 5) is 9.03. The van der Waals surface area contributed by atoms with Crippen molar-refractivity contribution in [1.29, 1.82) is 0 Å². The molecule has 0 aromatic carbocycles. The van der Waals surface area contributed by atoms with Crippen molar-refractivity contribution in [2.24, 2.45) is 0 Å². The van der Waals surface area contributed by atoms with Gasteiger partial charge in [0.05, 0.1) is 39.6 Å². The van der Waals surface area contributed by atoms with Gasteiger partial charge in [-0.25, -0.2) is 0 Å². The second-order valence-corrected chi connectivity index (χ2v) is 2.13. The molecule has 0 rings (SSSR count). The first-order valence-electron chi connectivity index (χ1n) is 4.31. The number of hydrogen-bond acceptors (Lipinski definition) is 7. The summed E-state index contributed by atoms with van der Waals surface area (Å²) in [6.45, 7) is 1.73. The van der Waals surface area contributed by atoms with Gasteiger partial charge in [-0.2, -0.15) is 0 Å². The molecule has 0 saturated carbocycles. The first-order valence-corrected chi connectivity index (χ1v) is 4.31. The van der Waals surface area contributed by atoms with Crippen LogP contribution in [-0.2, 0) is 14.2 Å². The summed E-state index contributed by atoms with van der Waals surface area (Å²) in [5.41, 5.74) is 0. The van der Waals surface area contributed by atoms with E-state index in [1.54, 1.807) is 0 Å². The summed E-state index contributed by atoms with van der Waals surface area (Å²) in [5.74, 6) is 0. The average Bonchev–Trinajstić information content (AvgIpc) is 2.24. The summed E-state index contributed by atoms with van der Waals surface area (Å²) in [5, 5.41) is 25.6. The molecule has 0 spiro atoms. The average molecular weight is 225 g/mol. The van der Waals surface area contributed by atoms with Crippen LogP contribution in [-0.4, -0.2) is 63.1 Å². The lowest BCUT2D eigenvalue weighted by atomic mass is 10.7. The van der Waals surface area contributed by atoms with Crippen molar-refractivity contribution in [2.75, 3.05) is 46.8 Å². The highest BCUT2D eigenvalue weighted by Crippen LogP contribution is 1.76. The van der Waals surface area contributed by atoms with Gasteiger partial charge in [-0.1, -0.05) is 0 Å². The van der Waals surface area contributed by atoms with Gasteiger partial charge >= 0.3 is 0 Å². The van der Waals surface area contributed by atoms with Crippen LogP contribution in [0.1, 0.15) is 0 Å². The fraction of sp³-hybridized carbons (Fsp3) is 0.875. The van der Waals surface area contributed by atoms with Gasteiger partial charge in [-0.3, -0.25) is 0 Å². The van der Waals surface area contributed by atoms with Crippen LogP contribution in [0.3, 0.4) is 0 Å². The number of hydrogen-bond donors (Lipinski definition) is 2. The number of aliphatic hydroxyl groups excluding tert-OH is 2. The summed E-state index contributed by atoms with van der Waals surface area (Å²) >= 11 is 0. The summed E-state index contributed by atoms with van der Waals surface area (Å²) in [7, 11) is 1.04. The number of ether oxygens (including phenoxy) is 3. The van der Waals surface area contributed by atoms with E-state index in [2.05, 4.69) is 4.74 Å². The number of carbonyl (C=O) groups excluding carboxylic acids is 1. The molecule has 0 aromatic rings. The van der Waals surface area contributed by atoms with Gasteiger partial charge in [0.1, 0.15) is 0 Å². The Bertz CT molecular complexity index is 120. The highest BCUT2D eigenvalue weighted by molar-refractivity contribution is 5.53. The van der Waals surface area contributed by atoms with E-state index < -0.39 is 6.16 Å². The first kappa shape index (κ1) is 16.5. The molecule has 7 heteroatoms. The predicted octanol–water partition coefficient (Wildman–Crippen LogP) is -2.02. The Balaban J connectivity index is 0. The van der Waals surface area contributed by atoms with Crippen LogP contribution < -0.4 is 5.11 Å². The quantitative estimate of drug-likeness (QED) is 0.380. The lowest BCUT2D eigenvalue weighted by molar-refractivity contribution is -0.279. The standard InChI is InChI=1S/C6H14O4.C2H4O3/c7-1-3-9-5-6-10-4-2-8;1-5-2(3)4/h7-8H,1-6H2;1H3,(H,3,4)/p-1. The fourth-order valence-electron chi connectivity index (χ4n) is 0.451. The van der Waals surface area contributed by atoms with Gasteiger partial charge < -0.3 is 34.3 Å². The molecule has 0 saturated heterocycles. The van der Waals surface area contributed by atoms with Crippen LogP contribution in [0.5, 0.6) is 0 Å². The maximum Gasteiger partial charge on any atom is 0.251 e. The van der Waals surface area contributed by atoms with Gasteiger partial charge in [-0.05, 0) is 0 Å². The van der Waals surface area contributed by atoms with Crippen molar-refractivity contribution in [3.8, 4) is 0 Å². The third-order valence-corrected chi connectivity index (χ3v) is 1.01. The van der Waals surface area contributed by atoms with E-state index in [0.717, 1.165) is 7.11 Å². The van der Waals surface area contributed by atoms with Gasteiger partial charge in [0, 0.05) is 7.11 Å². The van der Waals surface area contributed by atoms with E-state index in [1.807, 2.05) is 0 Å². The monoisotopic (exact) mass is 225 g/mol. The van der Waals surface area contributed by atoms with Crippen LogP contribution in [0.25, 0.3) is 0 Å². The van der Waals surface area contributed by atoms with Crippen LogP contribution >= 0.6 is 0 Å². The topological polar surface area (TPSA) is 108 Å². The predicted molar refractivity (Wildman–Crippen MR) is 48.2 cm³/mol. The minimum Gasteiger partial charge on any atom is -0.553 e. The first-order chi connectivity index (χ1) is 7.18. The zero-order chi connectivity index (χ0) is 11.9. The Morgan fingerprint density at radius 3 is 1.60 bits per heavy atom. The molecule has 0 aliphatic heterocycles. The summed E-state index contributed by atoms with van der Waals surface area (Å²) in [6, 6.07) is 0.